The molecule has 0 aromatic carbocycles. The van der Waals surface area contributed by atoms with Crippen LogP contribution in [0.5, 0.6) is 0 Å². The Balaban J connectivity index is 1.73. The fraction of sp³-hybridized carbons (Fsp3) is 0.714. The normalized spacial score (nSPS) is 49.0. The summed E-state index contributed by atoms with van der Waals surface area (Å²) in [4.78, 5) is 24.7. The largest absolute Gasteiger partial charge is 0.295 e. The predicted molar refractivity (Wildman–Crippen MR) is 90.7 cm³/mol. The number of rotatable bonds is 1. The molecule has 0 heterocycles. The molecule has 3 fully saturated rings. The summed E-state index contributed by atoms with van der Waals surface area (Å²) < 4.78 is 0. The van der Waals surface area contributed by atoms with Crippen molar-refractivity contribution in [3.8, 4) is 0 Å². The molecule has 7 atom stereocenters. The molecular formula is C21H28O2. The summed E-state index contributed by atoms with van der Waals surface area (Å²) in [6.45, 7) is 8.74. The number of allylic oxidation sites excluding steroid dienone is 2. The maximum Gasteiger partial charge on any atom is 0.159 e. The van der Waals surface area contributed by atoms with E-state index in [1.165, 1.54) is 19.3 Å². The van der Waals surface area contributed by atoms with Crippen molar-refractivity contribution in [2.75, 3.05) is 0 Å². The fourth-order valence-corrected chi connectivity index (χ4v) is 6.79. The smallest absolute Gasteiger partial charge is 0.159 e. The monoisotopic (exact) mass is 312 g/mol. The van der Waals surface area contributed by atoms with Crippen LogP contribution in [0.25, 0.3) is 0 Å². The molecule has 0 bridgehead atoms. The van der Waals surface area contributed by atoms with E-state index < -0.39 is 0 Å². The van der Waals surface area contributed by atoms with Crippen LogP contribution in [0.2, 0.25) is 0 Å². The summed E-state index contributed by atoms with van der Waals surface area (Å²) >= 11 is 0. The second kappa shape index (κ2) is 5.16. The highest BCUT2D eigenvalue weighted by molar-refractivity contribution is 6.05. The van der Waals surface area contributed by atoms with Gasteiger partial charge in [0, 0.05) is 18.4 Å². The molecule has 124 valence electrons. The number of carbonyl (C=O) groups is 2. The average molecular weight is 312 g/mol. The third kappa shape index (κ3) is 2.06. The quantitative estimate of drug-likeness (QED) is 0.674. The van der Waals surface area contributed by atoms with Crippen molar-refractivity contribution < 1.29 is 9.59 Å². The molecule has 2 heteroatoms. The molecule has 0 aromatic heterocycles. The molecular weight excluding hydrogens is 284 g/mol. The van der Waals surface area contributed by atoms with Crippen molar-refractivity contribution in [2.24, 2.45) is 40.9 Å². The third-order valence-corrected chi connectivity index (χ3v) is 7.83. The second-order valence-corrected chi connectivity index (χ2v) is 8.77. The van der Waals surface area contributed by atoms with E-state index in [2.05, 4.69) is 26.5 Å². The van der Waals surface area contributed by atoms with Crippen molar-refractivity contribution in [3.63, 3.8) is 0 Å². The average Bonchev–Trinajstić information content (AvgIpc) is 2.96. The first-order chi connectivity index (χ1) is 11.0. The molecule has 4 rings (SSSR count). The van der Waals surface area contributed by atoms with Gasteiger partial charge in [0.2, 0.25) is 0 Å². The zero-order valence-corrected chi connectivity index (χ0v) is 14.4. The van der Waals surface area contributed by atoms with Crippen molar-refractivity contribution in [2.45, 2.75) is 52.4 Å². The summed E-state index contributed by atoms with van der Waals surface area (Å²) in [5.74, 6) is 4.28. The maximum absolute atomic E-state index is 12.8. The van der Waals surface area contributed by atoms with Crippen LogP contribution in [-0.2, 0) is 9.59 Å². The first-order valence-electron chi connectivity index (χ1n) is 9.36. The first-order valence-corrected chi connectivity index (χ1v) is 9.36. The lowest BCUT2D eigenvalue weighted by atomic mass is 9.47. The number of fused-ring (bicyclic) bond motifs is 5. The van der Waals surface area contributed by atoms with Crippen LogP contribution in [0, 0.1) is 40.9 Å². The summed E-state index contributed by atoms with van der Waals surface area (Å²) in [5.41, 5.74) is 0.804. The van der Waals surface area contributed by atoms with Gasteiger partial charge in [0.05, 0.1) is 0 Å². The Labute approximate surface area is 139 Å². The van der Waals surface area contributed by atoms with Crippen LogP contribution in [0.1, 0.15) is 52.4 Å². The molecule has 4 aliphatic rings. The lowest BCUT2D eigenvalue weighted by Crippen LogP contribution is -2.52. The third-order valence-electron chi connectivity index (χ3n) is 7.83. The second-order valence-electron chi connectivity index (χ2n) is 8.77. The Kier molecular flexibility index (Phi) is 3.44. The molecule has 3 saturated carbocycles. The summed E-state index contributed by atoms with van der Waals surface area (Å²) in [5, 5.41) is 0. The minimum atomic E-state index is -0.0561. The minimum absolute atomic E-state index is 0.0561. The Morgan fingerprint density at radius 2 is 2.04 bits per heavy atom. The van der Waals surface area contributed by atoms with Crippen molar-refractivity contribution >= 4 is 11.6 Å². The molecule has 0 aromatic rings. The van der Waals surface area contributed by atoms with E-state index in [1.807, 2.05) is 0 Å². The number of ketones is 2. The lowest BCUT2D eigenvalue weighted by Gasteiger charge is -2.56. The highest BCUT2D eigenvalue weighted by Crippen LogP contribution is 2.63. The number of Topliss-reactive ketones (excluding diaryl/α,β-unsaturated/α-hetero) is 1. The van der Waals surface area contributed by atoms with Gasteiger partial charge in [-0.1, -0.05) is 19.9 Å². The van der Waals surface area contributed by atoms with Crippen LogP contribution >= 0.6 is 0 Å². The van der Waals surface area contributed by atoms with Crippen LogP contribution in [0.3, 0.4) is 0 Å². The fourth-order valence-electron chi connectivity index (χ4n) is 6.79. The van der Waals surface area contributed by atoms with Gasteiger partial charge in [-0.25, -0.2) is 0 Å². The molecule has 0 saturated heterocycles. The lowest BCUT2D eigenvalue weighted by molar-refractivity contribution is -0.130. The van der Waals surface area contributed by atoms with Crippen LogP contribution in [0.15, 0.2) is 24.3 Å². The Bertz CT molecular complexity index is 601. The SMILES string of the molecule is C=C[C@H]1CCC2C3CC(=O)C4=CC(=O)CC[C@]4(C)C3C[C@@H](C)C21. The van der Waals surface area contributed by atoms with Crippen molar-refractivity contribution in [1.29, 1.82) is 0 Å². The van der Waals surface area contributed by atoms with E-state index in [9.17, 15) is 9.59 Å². The van der Waals surface area contributed by atoms with Gasteiger partial charge in [0.25, 0.3) is 0 Å². The van der Waals surface area contributed by atoms with Gasteiger partial charge >= 0.3 is 0 Å². The first kappa shape index (κ1) is 15.4. The predicted octanol–water partition coefficient (Wildman–Crippen LogP) is 4.36. The molecule has 0 radical (unpaired) electrons. The number of carbonyl (C=O) groups excluding carboxylic acids is 2. The minimum Gasteiger partial charge on any atom is -0.295 e. The summed E-state index contributed by atoms with van der Waals surface area (Å²) in [6.07, 6.45) is 9.75. The van der Waals surface area contributed by atoms with Crippen molar-refractivity contribution in [1.82, 2.24) is 0 Å². The van der Waals surface area contributed by atoms with E-state index in [4.69, 9.17) is 0 Å². The Hall–Kier alpha value is -1.18. The van der Waals surface area contributed by atoms with Gasteiger partial charge in [-0.15, -0.1) is 6.58 Å². The van der Waals surface area contributed by atoms with Gasteiger partial charge in [-0.05, 0) is 72.7 Å². The summed E-state index contributed by atoms with van der Waals surface area (Å²) in [6, 6.07) is 0. The van der Waals surface area contributed by atoms with E-state index in [0.717, 1.165) is 17.9 Å². The zero-order chi connectivity index (χ0) is 16.4. The van der Waals surface area contributed by atoms with Gasteiger partial charge < -0.3 is 0 Å². The molecule has 0 N–H and O–H groups in total. The van der Waals surface area contributed by atoms with Gasteiger partial charge in [-0.3, -0.25) is 9.59 Å². The molecule has 0 aliphatic heterocycles. The van der Waals surface area contributed by atoms with Gasteiger partial charge in [0.15, 0.2) is 11.6 Å². The molecule has 0 spiro atoms. The standard InChI is InChI=1S/C21H28O2/c1-4-13-5-6-15-16-11-19(23)18-10-14(22)7-8-21(18,3)17(16)9-12(2)20(13)15/h4,10,12-13,15-17,20H,1,5-9,11H2,2-3H3/t12-,13+,15?,16?,17?,20?,21-/m1/s1. The molecule has 0 amide bonds. The summed E-state index contributed by atoms with van der Waals surface area (Å²) in [7, 11) is 0. The van der Waals surface area contributed by atoms with E-state index in [-0.39, 0.29) is 17.0 Å². The Morgan fingerprint density at radius 1 is 1.26 bits per heavy atom. The molecule has 2 nitrogen and oxygen atoms in total. The van der Waals surface area contributed by atoms with Gasteiger partial charge in [-0.2, -0.15) is 0 Å². The number of hydrogen-bond donors (Lipinski definition) is 0. The van der Waals surface area contributed by atoms with E-state index >= 15 is 0 Å². The van der Waals surface area contributed by atoms with E-state index in [1.54, 1.807) is 6.08 Å². The van der Waals surface area contributed by atoms with Crippen LogP contribution < -0.4 is 0 Å². The van der Waals surface area contributed by atoms with Crippen molar-refractivity contribution in [3.05, 3.63) is 24.3 Å². The van der Waals surface area contributed by atoms with Crippen LogP contribution in [0.4, 0.5) is 0 Å². The zero-order valence-electron chi connectivity index (χ0n) is 14.4. The van der Waals surface area contributed by atoms with Gasteiger partial charge in [0.1, 0.15) is 0 Å². The molecule has 4 unspecified atom stereocenters. The highest BCUT2D eigenvalue weighted by atomic mass is 16.1. The topological polar surface area (TPSA) is 34.1 Å². The number of hydrogen-bond acceptors (Lipinski definition) is 2. The highest BCUT2D eigenvalue weighted by Gasteiger charge is 2.58. The molecule has 23 heavy (non-hydrogen) atoms. The Morgan fingerprint density at radius 3 is 2.78 bits per heavy atom. The molecule has 4 aliphatic carbocycles. The van der Waals surface area contributed by atoms with E-state index in [0.29, 0.717) is 42.4 Å². The maximum atomic E-state index is 12.8. The van der Waals surface area contributed by atoms with Crippen LogP contribution in [-0.4, -0.2) is 11.6 Å².